The second-order valence-electron chi connectivity index (χ2n) is 6.73. The monoisotopic (exact) mass is 513 g/mol. The van der Waals surface area contributed by atoms with Crippen molar-refractivity contribution in [2.45, 2.75) is 32.4 Å². The molecule has 1 saturated heterocycles. The molecule has 1 aromatic carbocycles. The second-order valence-corrected chi connectivity index (χ2v) is 7.12. The quantitative estimate of drug-likeness (QED) is 0.252. The molecule has 1 unspecified atom stereocenters. The van der Waals surface area contributed by atoms with E-state index in [0.717, 1.165) is 37.7 Å². The second kappa shape index (κ2) is 12.2. The Morgan fingerprint density at radius 3 is 2.54 bits per heavy atom. The number of benzene rings is 1. The maximum atomic E-state index is 5.85. The number of hydrogen-bond acceptors (Lipinski definition) is 3. The van der Waals surface area contributed by atoms with Crippen LogP contribution in [-0.4, -0.2) is 42.0 Å². The zero-order valence-corrected chi connectivity index (χ0v) is 19.4. The molecule has 2 heterocycles. The molecule has 0 amide bonds. The van der Waals surface area contributed by atoms with Crippen molar-refractivity contribution in [2.75, 3.05) is 26.2 Å². The van der Waals surface area contributed by atoms with Gasteiger partial charge in [-0.25, -0.2) is 9.98 Å². The number of aliphatic imine (C=N–C) groups is 1. The van der Waals surface area contributed by atoms with E-state index in [-0.39, 0.29) is 24.0 Å². The van der Waals surface area contributed by atoms with Crippen LogP contribution in [0.4, 0.5) is 0 Å². The molecule has 1 aliphatic rings. The first-order chi connectivity index (χ1) is 13.3. The van der Waals surface area contributed by atoms with E-state index < -0.39 is 0 Å². The molecule has 0 spiro atoms. The molecule has 1 atom stereocenters. The van der Waals surface area contributed by atoms with Crippen molar-refractivity contribution in [1.82, 2.24) is 20.5 Å². The van der Waals surface area contributed by atoms with Gasteiger partial charge in [0.25, 0.3) is 0 Å². The van der Waals surface area contributed by atoms with E-state index in [0.29, 0.717) is 17.7 Å². The summed E-state index contributed by atoms with van der Waals surface area (Å²) in [4.78, 5) is 11.4. The Balaban J connectivity index is 0.00000280. The molecule has 5 nitrogen and oxygen atoms in total. The third kappa shape index (κ3) is 6.90. The fraction of sp³-hybridized carbons (Fsp3) is 0.429. The van der Waals surface area contributed by atoms with Gasteiger partial charge in [0.15, 0.2) is 5.96 Å². The van der Waals surface area contributed by atoms with Crippen LogP contribution in [0.5, 0.6) is 0 Å². The van der Waals surface area contributed by atoms with Crippen molar-refractivity contribution in [3.8, 4) is 0 Å². The SMILES string of the molecule is CCNC(=NCc1ccc(Cl)nc1)NCC(c1ccccc1)N1CCCC1.I. The van der Waals surface area contributed by atoms with Crippen LogP contribution in [0, 0.1) is 0 Å². The first-order valence-corrected chi connectivity index (χ1v) is 10.1. The van der Waals surface area contributed by atoms with Crippen LogP contribution in [0.25, 0.3) is 0 Å². The van der Waals surface area contributed by atoms with Crippen LogP contribution < -0.4 is 10.6 Å². The van der Waals surface area contributed by atoms with Gasteiger partial charge in [0.1, 0.15) is 5.15 Å². The van der Waals surface area contributed by atoms with Crippen molar-refractivity contribution in [1.29, 1.82) is 0 Å². The van der Waals surface area contributed by atoms with Gasteiger partial charge in [0, 0.05) is 19.3 Å². The maximum Gasteiger partial charge on any atom is 0.191 e. The van der Waals surface area contributed by atoms with Crippen LogP contribution in [0.1, 0.15) is 36.9 Å². The third-order valence-electron chi connectivity index (χ3n) is 4.78. The van der Waals surface area contributed by atoms with E-state index in [1.807, 2.05) is 6.07 Å². The molecule has 0 bridgehead atoms. The molecule has 1 fully saturated rings. The smallest absolute Gasteiger partial charge is 0.191 e. The Bertz CT molecular complexity index is 717. The van der Waals surface area contributed by atoms with E-state index >= 15 is 0 Å². The van der Waals surface area contributed by atoms with E-state index in [2.05, 4.69) is 57.8 Å². The van der Waals surface area contributed by atoms with Crippen LogP contribution in [0.15, 0.2) is 53.7 Å². The number of nitrogens with one attached hydrogen (secondary N) is 2. The largest absolute Gasteiger partial charge is 0.357 e. The molecule has 1 aliphatic heterocycles. The van der Waals surface area contributed by atoms with Gasteiger partial charge in [-0.05, 0) is 50.0 Å². The lowest BCUT2D eigenvalue weighted by molar-refractivity contribution is 0.245. The van der Waals surface area contributed by atoms with Gasteiger partial charge in [-0.1, -0.05) is 48.0 Å². The Morgan fingerprint density at radius 1 is 1.14 bits per heavy atom. The van der Waals surface area contributed by atoms with Gasteiger partial charge in [-0.15, -0.1) is 24.0 Å². The zero-order chi connectivity index (χ0) is 18.9. The highest BCUT2D eigenvalue weighted by atomic mass is 127. The lowest BCUT2D eigenvalue weighted by Gasteiger charge is -2.29. The summed E-state index contributed by atoms with van der Waals surface area (Å²) >= 11 is 5.85. The molecule has 28 heavy (non-hydrogen) atoms. The standard InChI is InChI=1S/C21H28ClN5.HI/c1-2-23-21(25-15-17-10-11-20(22)24-14-17)26-16-19(27-12-6-7-13-27)18-8-4-3-5-9-18;/h3-5,8-11,14,19H,2,6-7,12-13,15-16H2,1H3,(H2,23,25,26);1H. The fourth-order valence-electron chi connectivity index (χ4n) is 3.39. The number of aromatic nitrogens is 1. The van der Waals surface area contributed by atoms with Crippen LogP contribution in [0.2, 0.25) is 5.15 Å². The minimum Gasteiger partial charge on any atom is -0.357 e. The third-order valence-corrected chi connectivity index (χ3v) is 5.00. The Morgan fingerprint density at radius 2 is 1.89 bits per heavy atom. The Hall–Kier alpha value is -1.38. The number of guanidine groups is 1. The van der Waals surface area contributed by atoms with Gasteiger partial charge in [-0.2, -0.15) is 0 Å². The minimum absolute atomic E-state index is 0. The topological polar surface area (TPSA) is 52.6 Å². The fourth-order valence-corrected chi connectivity index (χ4v) is 3.50. The highest BCUT2D eigenvalue weighted by molar-refractivity contribution is 14.0. The van der Waals surface area contributed by atoms with Crippen LogP contribution >= 0.6 is 35.6 Å². The predicted octanol–water partition coefficient (Wildman–Crippen LogP) is 4.25. The Kier molecular flexibility index (Phi) is 10.0. The molecule has 0 aliphatic carbocycles. The minimum atomic E-state index is 0. The summed E-state index contributed by atoms with van der Waals surface area (Å²) < 4.78 is 0. The molecule has 152 valence electrons. The number of nitrogens with zero attached hydrogens (tertiary/aromatic N) is 3. The zero-order valence-electron chi connectivity index (χ0n) is 16.3. The molecule has 7 heteroatoms. The summed E-state index contributed by atoms with van der Waals surface area (Å²) in [5.74, 6) is 0.826. The molecule has 3 rings (SSSR count). The van der Waals surface area contributed by atoms with Gasteiger partial charge in [0.05, 0.1) is 12.6 Å². The number of pyridine rings is 1. The molecular weight excluding hydrogens is 485 g/mol. The van der Waals surface area contributed by atoms with E-state index in [1.54, 1.807) is 12.3 Å². The van der Waals surface area contributed by atoms with Crippen molar-refractivity contribution >= 4 is 41.5 Å². The van der Waals surface area contributed by atoms with Crippen LogP contribution in [0.3, 0.4) is 0 Å². The lowest BCUT2D eigenvalue weighted by atomic mass is 10.1. The van der Waals surface area contributed by atoms with Gasteiger partial charge < -0.3 is 10.6 Å². The van der Waals surface area contributed by atoms with E-state index in [1.165, 1.54) is 18.4 Å². The highest BCUT2D eigenvalue weighted by Gasteiger charge is 2.23. The average molecular weight is 514 g/mol. The molecule has 1 aromatic heterocycles. The molecule has 0 radical (unpaired) electrons. The number of hydrogen-bond donors (Lipinski definition) is 2. The van der Waals surface area contributed by atoms with Crippen molar-refractivity contribution in [2.24, 2.45) is 4.99 Å². The van der Waals surface area contributed by atoms with Crippen molar-refractivity contribution in [3.63, 3.8) is 0 Å². The van der Waals surface area contributed by atoms with Crippen molar-refractivity contribution in [3.05, 3.63) is 64.9 Å². The highest BCUT2D eigenvalue weighted by Crippen LogP contribution is 2.24. The van der Waals surface area contributed by atoms with Crippen LogP contribution in [-0.2, 0) is 6.54 Å². The molecule has 2 N–H and O–H groups in total. The summed E-state index contributed by atoms with van der Waals surface area (Å²) in [6.07, 6.45) is 4.33. The molecule has 0 saturated carbocycles. The summed E-state index contributed by atoms with van der Waals surface area (Å²) in [7, 11) is 0. The lowest BCUT2D eigenvalue weighted by Crippen LogP contribution is -2.42. The summed E-state index contributed by atoms with van der Waals surface area (Å²) in [5.41, 5.74) is 2.39. The number of halogens is 2. The van der Waals surface area contributed by atoms with Crippen molar-refractivity contribution < 1.29 is 0 Å². The number of likely N-dealkylation sites (tertiary alicyclic amines) is 1. The summed E-state index contributed by atoms with van der Waals surface area (Å²) in [6, 6.07) is 14.8. The van der Waals surface area contributed by atoms with Gasteiger partial charge in [0.2, 0.25) is 0 Å². The number of rotatable bonds is 7. The maximum absolute atomic E-state index is 5.85. The van der Waals surface area contributed by atoms with Gasteiger partial charge in [-0.3, -0.25) is 4.90 Å². The first kappa shape index (κ1) is 22.9. The summed E-state index contributed by atoms with van der Waals surface area (Å²) in [6.45, 7) is 6.62. The van der Waals surface area contributed by atoms with E-state index in [9.17, 15) is 0 Å². The first-order valence-electron chi connectivity index (χ1n) is 9.68. The van der Waals surface area contributed by atoms with E-state index in [4.69, 9.17) is 16.6 Å². The Labute approximate surface area is 190 Å². The predicted molar refractivity (Wildman–Crippen MR) is 127 cm³/mol. The average Bonchev–Trinajstić information content (AvgIpc) is 3.23. The summed E-state index contributed by atoms with van der Waals surface area (Å²) in [5, 5.41) is 7.37. The molecular formula is C21H29ClIN5. The van der Waals surface area contributed by atoms with Gasteiger partial charge >= 0.3 is 0 Å². The molecule has 2 aromatic rings. The normalized spacial score (nSPS) is 15.7.